The summed E-state index contributed by atoms with van der Waals surface area (Å²) in [6.07, 6.45) is 3.60. The minimum absolute atomic E-state index is 0.0218. The van der Waals surface area contributed by atoms with E-state index in [-0.39, 0.29) is 5.91 Å². The molecule has 1 amide bonds. The van der Waals surface area contributed by atoms with Gasteiger partial charge in [-0.2, -0.15) is 0 Å². The molecular formula is C14H17N3OS. The van der Waals surface area contributed by atoms with Gasteiger partial charge >= 0.3 is 0 Å². The number of rotatable bonds is 5. The fraction of sp³-hybridized carbons (Fsp3) is 0.286. The van der Waals surface area contributed by atoms with Crippen LogP contribution in [0.2, 0.25) is 0 Å². The van der Waals surface area contributed by atoms with Crippen LogP contribution in [0.4, 0.5) is 0 Å². The van der Waals surface area contributed by atoms with E-state index in [9.17, 15) is 4.79 Å². The van der Waals surface area contributed by atoms with Crippen molar-refractivity contribution in [2.75, 3.05) is 5.75 Å². The Labute approximate surface area is 117 Å². The fourth-order valence-electron chi connectivity index (χ4n) is 1.58. The largest absolute Gasteiger partial charge is 0.351 e. The number of aryl methyl sites for hydroxylation is 2. The van der Waals surface area contributed by atoms with E-state index in [0.29, 0.717) is 12.3 Å². The first kappa shape index (κ1) is 13.7. The molecule has 0 aliphatic heterocycles. The second kappa shape index (κ2) is 6.43. The lowest BCUT2D eigenvalue weighted by Gasteiger charge is -2.05. The third kappa shape index (κ3) is 4.13. The van der Waals surface area contributed by atoms with E-state index in [4.69, 9.17) is 0 Å². The van der Waals surface area contributed by atoms with Gasteiger partial charge in [-0.1, -0.05) is 41.6 Å². The summed E-state index contributed by atoms with van der Waals surface area (Å²) in [5.41, 5.74) is 2.33. The van der Waals surface area contributed by atoms with Gasteiger partial charge in [-0.25, -0.2) is 4.98 Å². The summed E-state index contributed by atoms with van der Waals surface area (Å²) >= 11 is 1.44. The Balaban J connectivity index is 1.76. The number of thioether (sulfide) groups is 1. The van der Waals surface area contributed by atoms with E-state index in [1.807, 2.05) is 49.0 Å². The van der Waals surface area contributed by atoms with Gasteiger partial charge < -0.3 is 9.88 Å². The number of nitrogens with one attached hydrogen (secondary N) is 1. The topological polar surface area (TPSA) is 46.9 Å². The van der Waals surface area contributed by atoms with Crippen molar-refractivity contribution in [3.63, 3.8) is 0 Å². The Kier molecular flexibility index (Phi) is 4.63. The summed E-state index contributed by atoms with van der Waals surface area (Å²) in [7, 11) is 1.92. The minimum atomic E-state index is 0.0218. The Morgan fingerprint density at radius 1 is 1.37 bits per heavy atom. The third-order valence-corrected chi connectivity index (χ3v) is 3.78. The van der Waals surface area contributed by atoms with Crippen molar-refractivity contribution < 1.29 is 4.79 Å². The smallest absolute Gasteiger partial charge is 0.230 e. The molecule has 4 nitrogen and oxygen atoms in total. The van der Waals surface area contributed by atoms with Gasteiger partial charge in [0.05, 0.1) is 5.75 Å². The summed E-state index contributed by atoms with van der Waals surface area (Å²) in [6.45, 7) is 2.62. The average molecular weight is 275 g/mol. The number of benzene rings is 1. The summed E-state index contributed by atoms with van der Waals surface area (Å²) < 4.78 is 1.90. The zero-order valence-corrected chi connectivity index (χ0v) is 11.9. The zero-order valence-electron chi connectivity index (χ0n) is 11.1. The Morgan fingerprint density at radius 3 is 2.74 bits per heavy atom. The molecule has 5 heteroatoms. The quantitative estimate of drug-likeness (QED) is 0.850. The number of hydrogen-bond acceptors (Lipinski definition) is 3. The Morgan fingerprint density at radius 2 is 2.11 bits per heavy atom. The van der Waals surface area contributed by atoms with Crippen molar-refractivity contribution >= 4 is 17.7 Å². The van der Waals surface area contributed by atoms with Gasteiger partial charge in [0.1, 0.15) is 0 Å². The van der Waals surface area contributed by atoms with E-state index in [1.165, 1.54) is 17.3 Å². The molecule has 0 saturated heterocycles. The first-order valence-electron chi connectivity index (χ1n) is 6.07. The molecule has 0 atom stereocenters. The van der Waals surface area contributed by atoms with Crippen LogP contribution in [0.1, 0.15) is 11.1 Å². The predicted octanol–water partition coefficient (Wildman–Crippen LogP) is 2.14. The van der Waals surface area contributed by atoms with Gasteiger partial charge in [-0.3, -0.25) is 4.79 Å². The summed E-state index contributed by atoms with van der Waals surface area (Å²) in [6, 6.07) is 8.15. The molecule has 0 radical (unpaired) electrons. The monoisotopic (exact) mass is 275 g/mol. The molecule has 0 spiro atoms. The molecule has 1 heterocycles. The van der Waals surface area contributed by atoms with Crippen molar-refractivity contribution in [1.82, 2.24) is 14.9 Å². The molecule has 2 rings (SSSR count). The van der Waals surface area contributed by atoms with Crippen LogP contribution in [0.3, 0.4) is 0 Å². The highest BCUT2D eigenvalue weighted by atomic mass is 32.2. The number of nitrogens with zero attached hydrogens (tertiary/aromatic N) is 2. The first-order valence-corrected chi connectivity index (χ1v) is 7.06. The van der Waals surface area contributed by atoms with E-state index in [2.05, 4.69) is 10.3 Å². The number of carbonyl (C=O) groups excluding carboxylic acids is 1. The van der Waals surface area contributed by atoms with Gasteiger partial charge in [0.2, 0.25) is 5.91 Å². The fourth-order valence-corrected chi connectivity index (χ4v) is 2.34. The van der Waals surface area contributed by atoms with Crippen LogP contribution in [-0.4, -0.2) is 21.2 Å². The molecule has 100 valence electrons. The number of amides is 1. The van der Waals surface area contributed by atoms with E-state index in [0.717, 1.165) is 10.7 Å². The highest BCUT2D eigenvalue weighted by molar-refractivity contribution is 7.99. The van der Waals surface area contributed by atoms with Crippen molar-refractivity contribution in [2.24, 2.45) is 7.05 Å². The second-order valence-corrected chi connectivity index (χ2v) is 5.31. The normalized spacial score (nSPS) is 10.4. The summed E-state index contributed by atoms with van der Waals surface area (Å²) in [5, 5.41) is 3.76. The van der Waals surface area contributed by atoms with Gasteiger partial charge in [-0.05, 0) is 12.5 Å². The predicted molar refractivity (Wildman–Crippen MR) is 77.0 cm³/mol. The summed E-state index contributed by atoms with van der Waals surface area (Å²) in [5.74, 6) is 0.407. The van der Waals surface area contributed by atoms with Crippen LogP contribution in [0.25, 0.3) is 0 Å². The lowest BCUT2D eigenvalue weighted by atomic mass is 10.1. The van der Waals surface area contributed by atoms with Gasteiger partial charge in [0, 0.05) is 26.0 Å². The third-order valence-electron chi connectivity index (χ3n) is 2.72. The molecule has 1 aromatic carbocycles. The molecule has 1 N–H and O–H groups in total. The van der Waals surface area contributed by atoms with Crippen LogP contribution in [0.5, 0.6) is 0 Å². The molecule has 1 aromatic heterocycles. The lowest BCUT2D eigenvalue weighted by molar-refractivity contribution is -0.118. The number of aromatic nitrogens is 2. The first-order chi connectivity index (χ1) is 9.15. The molecule has 0 bridgehead atoms. The molecule has 0 aliphatic carbocycles. The van der Waals surface area contributed by atoms with Crippen LogP contribution in [-0.2, 0) is 18.4 Å². The lowest BCUT2D eigenvalue weighted by Crippen LogP contribution is -2.24. The Bertz CT molecular complexity index is 548. The van der Waals surface area contributed by atoms with Gasteiger partial charge in [0.25, 0.3) is 0 Å². The molecule has 0 unspecified atom stereocenters. The van der Waals surface area contributed by atoms with E-state index < -0.39 is 0 Å². The van der Waals surface area contributed by atoms with Crippen molar-refractivity contribution in [3.05, 3.63) is 47.8 Å². The maximum absolute atomic E-state index is 11.7. The molecular weight excluding hydrogens is 258 g/mol. The Hall–Kier alpha value is -1.75. The molecule has 0 fully saturated rings. The van der Waals surface area contributed by atoms with E-state index >= 15 is 0 Å². The molecule has 19 heavy (non-hydrogen) atoms. The van der Waals surface area contributed by atoms with Crippen LogP contribution in [0, 0.1) is 6.92 Å². The van der Waals surface area contributed by atoms with Gasteiger partial charge in [-0.15, -0.1) is 0 Å². The standard InChI is InChI=1S/C14H17N3OS/c1-11-3-5-12(6-4-11)9-16-13(18)10-19-14-15-7-8-17(14)2/h3-8H,9-10H2,1-2H3,(H,16,18). The number of carbonyl (C=O) groups is 1. The highest BCUT2D eigenvalue weighted by Crippen LogP contribution is 2.13. The van der Waals surface area contributed by atoms with Crippen molar-refractivity contribution in [2.45, 2.75) is 18.6 Å². The molecule has 0 aliphatic rings. The molecule has 0 saturated carbocycles. The van der Waals surface area contributed by atoms with Crippen LogP contribution >= 0.6 is 11.8 Å². The SMILES string of the molecule is Cc1ccc(CNC(=O)CSc2nccn2C)cc1. The highest BCUT2D eigenvalue weighted by Gasteiger charge is 2.05. The van der Waals surface area contributed by atoms with Crippen LogP contribution < -0.4 is 5.32 Å². The second-order valence-electron chi connectivity index (χ2n) is 4.37. The van der Waals surface area contributed by atoms with Crippen LogP contribution in [0.15, 0.2) is 41.8 Å². The van der Waals surface area contributed by atoms with Crippen molar-refractivity contribution in [3.8, 4) is 0 Å². The maximum Gasteiger partial charge on any atom is 0.230 e. The minimum Gasteiger partial charge on any atom is -0.351 e. The average Bonchev–Trinajstić information content (AvgIpc) is 2.81. The van der Waals surface area contributed by atoms with E-state index in [1.54, 1.807) is 6.20 Å². The summed E-state index contributed by atoms with van der Waals surface area (Å²) in [4.78, 5) is 15.9. The maximum atomic E-state index is 11.7. The number of hydrogen-bond donors (Lipinski definition) is 1. The molecule has 2 aromatic rings. The zero-order chi connectivity index (χ0) is 13.7. The van der Waals surface area contributed by atoms with Gasteiger partial charge in [0.15, 0.2) is 5.16 Å². The number of imidazole rings is 1. The van der Waals surface area contributed by atoms with Crippen molar-refractivity contribution in [1.29, 1.82) is 0 Å².